The van der Waals surface area contributed by atoms with E-state index in [0.29, 0.717) is 18.8 Å². The summed E-state index contributed by atoms with van der Waals surface area (Å²) >= 11 is 0. The third kappa shape index (κ3) is 8.43. The normalized spacial score (nSPS) is 17.8. The number of amides is 1. The molecule has 1 amide bonds. The van der Waals surface area contributed by atoms with Crippen molar-refractivity contribution in [3.05, 3.63) is 18.2 Å². The van der Waals surface area contributed by atoms with Gasteiger partial charge in [-0.15, -0.1) is 0 Å². The van der Waals surface area contributed by atoms with Gasteiger partial charge in [-0.05, 0) is 25.9 Å². The standard InChI is InChI=1S/C6H13N.C5H6BN3O.C2H6/c1-6-3-4-7(2)5-6;6-9(4-10)3-5-7-1-2-8-5;1-2/h6H,3-5H2,1-2H3;1-2,4H,3H2,(H,7,8);1-2H3. The fourth-order valence-electron chi connectivity index (χ4n) is 1.75. The van der Waals surface area contributed by atoms with Gasteiger partial charge in [-0.25, -0.2) is 4.98 Å². The van der Waals surface area contributed by atoms with E-state index < -0.39 is 0 Å². The fraction of sp³-hybridized carbons (Fsp3) is 0.692. The second-order valence-electron chi connectivity index (χ2n) is 4.47. The number of hydrogen-bond donors (Lipinski definition) is 1. The van der Waals surface area contributed by atoms with Crippen LogP contribution in [0.3, 0.4) is 0 Å². The molecule has 0 saturated carbocycles. The van der Waals surface area contributed by atoms with Crippen molar-refractivity contribution in [3.63, 3.8) is 0 Å². The summed E-state index contributed by atoms with van der Waals surface area (Å²) in [4.78, 5) is 20.1. The number of H-pyrrole nitrogens is 1. The van der Waals surface area contributed by atoms with Crippen LogP contribution in [0.2, 0.25) is 0 Å². The van der Waals surface area contributed by atoms with Crippen molar-refractivity contribution < 1.29 is 4.79 Å². The summed E-state index contributed by atoms with van der Waals surface area (Å²) in [5.74, 6) is 1.62. The number of rotatable bonds is 3. The highest BCUT2D eigenvalue weighted by molar-refractivity contribution is 6.09. The van der Waals surface area contributed by atoms with Gasteiger partial charge in [0.1, 0.15) is 5.82 Å². The Kier molecular flexibility index (Phi) is 9.89. The van der Waals surface area contributed by atoms with Crippen LogP contribution >= 0.6 is 0 Å². The predicted molar refractivity (Wildman–Crippen MR) is 78.6 cm³/mol. The zero-order chi connectivity index (χ0) is 14.7. The lowest BCUT2D eigenvalue weighted by Gasteiger charge is -2.06. The minimum Gasteiger partial charge on any atom is -0.392 e. The minimum atomic E-state index is 0.316. The molecule has 2 rings (SSSR count). The quantitative estimate of drug-likeness (QED) is 0.663. The zero-order valence-corrected chi connectivity index (χ0v) is 12.5. The van der Waals surface area contributed by atoms with Gasteiger partial charge in [0.15, 0.2) is 6.41 Å². The molecule has 0 spiro atoms. The second kappa shape index (κ2) is 10.6. The molecule has 1 aromatic rings. The average molecular weight is 264 g/mol. The van der Waals surface area contributed by atoms with Gasteiger partial charge < -0.3 is 14.7 Å². The summed E-state index contributed by atoms with van der Waals surface area (Å²) in [5.41, 5.74) is 0. The van der Waals surface area contributed by atoms with Gasteiger partial charge in [-0.3, -0.25) is 4.79 Å². The molecule has 1 atom stereocenters. The lowest BCUT2D eigenvalue weighted by Crippen LogP contribution is -2.17. The lowest BCUT2D eigenvalue weighted by atomic mass is 10.2. The molecule has 5 nitrogen and oxygen atoms in total. The van der Waals surface area contributed by atoms with E-state index in [9.17, 15) is 4.79 Å². The number of likely N-dealkylation sites (tertiary alicyclic amines) is 1. The molecule has 1 aliphatic heterocycles. The average Bonchev–Trinajstić information content (AvgIpc) is 3.04. The Morgan fingerprint density at radius 3 is 2.63 bits per heavy atom. The molecule has 1 aliphatic rings. The molecule has 0 aliphatic carbocycles. The maximum Gasteiger partial charge on any atom is 0.230 e. The van der Waals surface area contributed by atoms with Gasteiger partial charge in [0.25, 0.3) is 0 Å². The number of imidazole rings is 1. The number of aromatic nitrogens is 2. The first-order chi connectivity index (χ1) is 9.11. The Bertz CT molecular complexity index is 310. The first-order valence-corrected chi connectivity index (χ1v) is 6.75. The first-order valence-electron chi connectivity index (χ1n) is 6.75. The maximum absolute atomic E-state index is 9.99. The van der Waals surface area contributed by atoms with Crippen LogP contribution in [0.15, 0.2) is 12.4 Å². The Labute approximate surface area is 117 Å². The maximum atomic E-state index is 9.99. The summed E-state index contributed by atoms with van der Waals surface area (Å²) in [5, 5.41) is 0. The van der Waals surface area contributed by atoms with Crippen molar-refractivity contribution in [1.82, 2.24) is 19.7 Å². The largest absolute Gasteiger partial charge is 0.392 e. The van der Waals surface area contributed by atoms with E-state index in [2.05, 4.69) is 28.8 Å². The fourth-order valence-corrected chi connectivity index (χ4v) is 1.75. The molecule has 6 heteroatoms. The molecule has 0 aromatic carbocycles. The van der Waals surface area contributed by atoms with E-state index in [-0.39, 0.29) is 0 Å². The van der Waals surface area contributed by atoms with Crippen LogP contribution in [-0.4, -0.2) is 54.2 Å². The number of nitrogens with one attached hydrogen (secondary N) is 1. The SMILES string of the molecule is CC.CC1CCN(C)C1.[B]N(C=O)Cc1ncc[nH]1. The molecule has 19 heavy (non-hydrogen) atoms. The van der Waals surface area contributed by atoms with Crippen molar-refractivity contribution in [2.45, 2.75) is 33.7 Å². The van der Waals surface area contributed by atoms with E-state index in [1.54, 1.807) is 12.4 Å². The second-order valence-corrected chi connectivity index (χ2v) is 4.47. The molecule has 0 bridgehead atoms. The molecule has 2 heterocycles. The Hall–Kier alpha value is -1.30. The smallest absolute Gasteiger partial charge is 0.230 e. The van der Waals surface area contributed by atoms with Crippen molar-refractivity contribution in [2.75, 3.05) is 20.1 Å². The van der Waals surface area contributed by atoms with Crippen molar-refractivity contribution in [2.24, 2.45) is 5.92 Å². The Morgan fingerprint density at radius 1 is 1.63 bits per heavy atom. The first kappa shape index (κ1) is 17.7. The van der Waals surface area contributed by atoms with Crippen LogP contribution in [0.25, 0.3) is 0 Å². The molecule has 1 fully saturated rings. The number of hydrogen-bond acceptors (Lipinski definition) is 3. The summed E-state index contributed by atoms with van der Waals surface area (Å²) in [6, 6.07) is 0. The van der Waals surface area contributed by atoms with Gasteiger partial charge >= 0.3 is 0 Å². The van der Waals surface area contributed by atoms with Gasteiger partial charge in [0.2, 0.25) is 7.98 Å². The van der Waals surface area contributed by atoms with Crippen LogP contribution in [0.4, 0.5) is 0 Å². The van der Waals surface area contributed by atoms with Crippen LogP contribution in [0.1, 0.15) is 33.0 Å². The minimum absolute atomic E-state index is 0.316. The highest BCUT2D eigenvalue weighted by atomic mass is 16.1. The van der Waals surface area contributed by atoms with Crippen LogP contribution in [-0.2, 0) is 11.3 Å². The van der Waals surface area contributed by atoms with Crippen molar-refractivity contribution in [3.8, 4) is 0 Å². The number of carbonyl (C=O) groups excluding carboxylic acids is 1. The Morgan fingerprint density at radius 2 is 2.32 bits per heavy atom. The molecular formula is C13H25BN4O. The molecule has 1 N–H and O–H groups in total. The third-order valence-corrected chi connectivity index (χ3v) is 2.65. The summed E-state index contributed by atoms with van der Waals surface area (Å²) in [6.45, 7) is 9.24. The molecule has 106 valence electrons. The zero-order valence-electron chi connectivity index (χ0n) is 12.5. The summed E-state index contributed by atoms with van der Waals surface area (Å²) < 4.78 is 0. The van der Waals surface area contributed by atoms with Crippen LogP contribution in [0.5, 0.6) is 0 Å². The predicted octanol–water partition coefficient (Wildman–Crippen LogP) is 1.44. The molecule has 1 aromatic heterocycles. The third-order valence-electron chi connectivity index (χ3n) is 2.65. The van der Waals surface area contributed by atoms with Crippen molar-refractivity contribution >= 4 is 14.4 Å². The van der Waals surface area contributed by atoms with Gasteiger partial charge in [0, 0.05) is 18.9 Å². The summed E-state index contributed by atoms with van der Waals surface area (Å²) in [7, 11) is 7.35. The van der Waals surface area contributed by atoms with E-state index in [1.807, 2.05) is 13.8 Å². The molecule has 2 radical (unpaired) electrons. The van der Waals surface area contributed by atoms with E-state index in [0.717, 1.165) is 10.7 Å². The van der Waals surface area contributed by atoms with E-state index in [1.165, 1.54) is 19.5 Å². The highest BCUT2D eigenvalue weighted by Crippen LogP contribution is 2.11. The van der Waals surface area contributed by atoms with Crippen LogP contribution in [0, 0.1) is 5.92 Å². The monoisotopic (exact) mass is 264 g/mol. The summed E-state index contributed by atoms with van der Waals surface area (Å²) in [6.07, 6.45) is 5.22. The van der Waals surface area contributed by atoms with Gasteiger partial charge in [-0.2, -0.15) is 0 Å². The van der Waals surface area contributed by atoms with Crippen LogP contribution < -0.4 is 0 Å². The molecule has 1 saturated heterocycles. The molecular weight excluding hydrogens is 239 g/mol. The lowest BCUT2D eigenvalue weighted by molar-refractivity contribution is -0.114. The Balaban J connectivity index is 0.000000316. The number of aromatic amines is 1. The number of nitrogens with zero attached hydrogens (tertiary/aromatic N) is 3. The topological polar surface area (TPSA) is 52.2 Å². The van der Waals surface area contributed by atoms with Gasteiger partial charge in [-0.1, -0.05) is 20.8 Å². The molecule has 1 unspecified atom stereocenters. The van der Waals surface area contributed by atoms with E-state index >= 15 is 0 Å². The highest BCUT2D eigenvalue weighted by Gasteiger charge is 2.13. The number of carbonyl (C=O) groups is 1. The van der Waals surface area contributed by atoms with E-state index in [4.69, 9.17) is 7.98 Å². The van der Waals surface area contributed by atoms with Gasteiger partial charge in [0.05, 0.1) is 6.54 Å². The van der Waals surface area contributed by atoms with Crippen molar-refractivity contribution in [1.29, 1.82) is 0 Å².